The molecule has 2 unspecified atom stereocenters. The SMILES string of the molecule is CCCC(C)CC(CN)(CO)CCC. The van der Waals surface area contributed by atoms with E-state index in [2.05, 4.69) is 20.8 Å². The van der Waals surface area contributed by atoms with Crippen molar-refractivity contribution in [1.29, 1.82) is 0 Å². The topological polar surface area (TPSA) is 46.2 Å². The monoisotopic (exact) mass is 201 g/mol. The van der Waals surface area contributed by atoms with Crippen LogP contribution in [0.2, 0.25) is 0 Å². The second kappa shape index (κ2) is 7.24. The van der Waals surface area contributed by atoms with Crippen LogP contribution in [0.5, 0.6) is 0 Å². The van der Waals surface area contributed by atoms with Gasteiger partial charge in [0, 0.05) is 18.6 Å². The lowest BCUT2D eigenvalue weighted by Crippen LogP contribution is -2.35. The summed E-state index contributed by atoms with van der Waals surface area (Å²) < 4.78 is 0. The summed E-state index contributed by atoms with van der Waals surface area (Å²) in [5, 5.41) is 9.44. The van der Waals surface area contributed by atoms with E-state index in [1.807, 2.05) is 0 Å². The zero-order valence-electron chi connectivity index (χ0n) is 10.1. The quantitative estimate of drug-likeness (QED) is 0.634. The molecule has 0 aliphatic carbocycles. The van der Waals surface area contributed by atoms with Crippen LogP contribution < -0.4 is 5.73 Å². The Balaban J connectivity index is 4.18. The fourth-order valence-corrected chi connectivity index (χ4v) is 2.36. The van der Waals surface area contributed by atoms with Crippen LogP contribution >= 0.6 is 0 Å². The second-order valence-electron chi connectivity index (χ2n) is 4.71. The highest BCUT2D eigenvalue weighted by Crippen LogP contribution is 2.31. The number of nitrogens with two attached hydrogens (primary N) is 1. The van der Waals surface area contributed by atoms with E-state index in [0.29, 0.717) is 12.5 Å². The molecule has 0 amide bonds. The molecule has 0 aromatic rings. The first-order valence-corrected chi connectivity index (χ1v) is 5.95. The Hall–Kier alpha value is -0.0800. The molecule has 2 heteroatoms. The maximum atomic E-state index is 9.44. The standard InChI is InChI=1S/C12H27NO/c1-4-6-11(3)8-12(9-13,10-14)7-5-2/h11,14H,4-10,13H2,1-3H3. The number of rotatable bonds is 8. The molecule has 0 bridgehead atoms. The Morgan fingerprint density at radius 1 is 1.29 bits per heavy atom. The van der Waals surface area contributed by atoms with Gasteiger partial charge in [0.05, 0.1) is 0 Å². The van der Waals surface area contributed by atoms with Gasteiger partial charge in [-0.05, 0) is 18.8 Å². The van der Waals surface area contributed by atoms with Gasteiger partial charge < -0.3 is 10.8 Å². The summed E-state index contributed by atoms with van der Waals surface area (Å²) in [6.07, 6.45) is 5.69. The van der Waals surface area contributed by atoms with Crippen LogP contribution in [0, 0.1) is 11.3 Å². The van der Waals surface area contributed by atoms with Crippen LogP contribution in [0.4, 0.5) is 0 Å². The average Bonchev–Trinajstić information content (AvgIpc) is 2.17. The fourth-order valence-electron chi connectivity index (χ4n) is 2.36. The lowest BCUT2D eigenvalue weighted by atomic mass is 9.76. The lowest BCUT2D eigenvalue weighted by molar-refractivity contribution is 0.0934. The smallest absolute Gasteiger partial charge is 0.0499 e. The number of aliphatic hydroxyl groups excluding tert-OH is 1. The van der Waals surface area contributed by atoms with Crippen molar-refractivity contribution in [2.24, 2.45) is 17.1 Å². The zero-order valence-corrected chi connectivity index (χ0v) is 10.1. The number of hydrogen-bond donors (Lipinski definition) is 2. The van der Waals surface area contributed by atoms with Crippen LogP contribution in [-0.2, 0) is 0 Å². The molecule has 0 saturated heterocycles. The van der Waals surface area contributed by atoms with Crippen molar-refractivity contribution in [3.63, 3.8) is 0 Å². The van der Waals surface area contributed by atoms with Crippen LogP contribution in [0.15, 0.2) is 0 Å². The highest BCUT2D eigenvalue weighted by Gasteiger charge is 2.28. The summed E-state index contributed by atoms with van der Waals surface area (Å²) in [5.41, 5.74) is 5.78. The van der Waals surface area contributed by atoms with Crippen LogP contribution in [0.3, 0.4) is 0 Å². The highest BCUT2D eigenvalue weighted by molar-refractivity contribution is 4.81. The summed E-state index contributed by atoms with van der Waals surface area (Å²) in [6.45, 7) is 7.49. The van der Waals surface area contributed by atoms with Gasteiger partial charge in [-0.2, -0.15) is 0 Å². The summed E-state index contributed by atoms with van der Waals surface area (Å²) in [4.78, 5) is 0. The van der Waals surface area contributed by atoms with Crippen molar-refractivity contribution in [1.82, 2.24) is 0 Å². The maximum absolute atomic E-state index is 9.44. The molecule has 3 N–H and O–H groups in total. The zero-order chi connectivity index (χ0) is 11.0. The van der Waals surface area contributed by atoms with Crippen molar-refractivity contribution >= 4 is 0 Å². The largest absolute Gasteiger partial charge is 0.396 e. The Kier molecular flexibility index (Phi) is 7.20. The first kappa shape index (κ1) is 13.9. The Morgan fingerprint density at radius 3 is 2.29 bits per heavy atom. The van der Waals surface area contributed by atoms with E-state index in [1.165, 1.54) is 12.8 Å². The number of hydrogen-bond acceptors (Lipinski definition) is 2. The predicted octanol–water partition coefficient (Wildman–Crippen LogP) is 2.55. The predicted molar refractivity (Wildman–Crippen MR) is 62.2 cm³/mol. The molecule has 0 aliphatic rings. The highest BCUT2D eigenvalue weighted by atomic mass is 16.3. The molecule has 0 aliphatic heterocycles. The van der Waals surface area contributed by atoms with Crippen molar-refractivity contribution in [2.75, 3.05) is 13.2 Å². The van der Waals surface area contributed by atoms with E-state index < -0.39 is 0 Å². The maximum Gasteiger partial charge on any atom is 0.0499 e. The Morgan fingerprint density at radius 2 is 1.93 bits per heavy atom. The summed E-state index contributed by atoms with van der Waals surface area (Å²) in [7, 11) is 0. The second-order valence-corrected chi connectivity index (χ2v) is 4.71. The molecular formula is C12H27NO. The molecule has 0 aromatic carbocycles. The minimum absolute atomic E-state index is 0.0106. The number of aliphatic hydroxyl groups is 1. The Bertz CT molecular complexity index is 132. The molecule has 0 fully saturated rings. The van der Waals surface area contributed by atoms with E-state index in [-0.39, 0.29) is 12.0 Å². The molecule has 2 nitrogen and oxygen atoms in total. The molecule has 0 spiro atoms. The van der Waals surface area contributed by atoms with Gasteiger partial charge in [0.25, 0.3) is 0 Å². The summed E-state index contributed by atoms with van der Waals surface area (Å²) in [5.74, 6) is 0.683. The van der Waals surface area contributed by atoms with E-state index in [0.717, 1.165) is 19.3 Å². The molecule has 0 aromatic heterocycles. The van der Waals surface area contributed by atoms with Crippen LogP contribution in [-0.4, -0.2) is 18.3 Å². The van der Waals surface area contributed by atoms with Crippen molar-refractivity contribution in [3.05, 3.63) is 0 Å². The van der Waals surface area contributed by atoms with E-state index in [4.69, 9.17) is 5.73 Å². The summed E-state index contributed by atoms with van der Waals surface area (Å²) >= 11 is 0. The molecule has 86 valence electrons. The van der Waals surface area contributed by atoms with E-state index in [9.17, 15) is 5.11 Å². The molecule has 0 saturated carbocycles. The van der Waals surface area contributed by atoms with E-state index >= 15 is 0 Å². The molecule has 14 heavy (non-hydrogen) atoms. The third kappa shape index (κ3) is 4.43. The molecule has 0 heterocycles. The van der Waals surface area contributed by atoms with Crippen LogP contribution in [0.25, 0.3) is 0 Å². The minimum Gasteiger partial charge on any atom is -0.396 e. The van der Waals surface area contributed by atoms with Gasteiger partial charge in [0.1, 0.15) is 0 Å². The minimum atomic E-state index is -0.0106. The van der Waals surface area contributed by atoms with Crippen LogP contribution in [0.1, 0.15) is 52.9 Å². The van der Waals surface area contributed by atoms with Gasteiger partial charge in [-0.15, -0.1) is 0 Å². The van der Waals surface area contributed by atoms with Gasteiger partial charge in [0.2, 0.25) is 0 Å². The molecule has 0 rings (SSSR count). The third-order valence-electron chi connectivity index (χ3n) is 3.11. The third-order valence-corrected chi connectivity index (χ3v) is 3.11. The first-order valence-electron chi connectivity index (χ1n) is 5.95. The lowest BCUT2D eigenvalue weighted by Gasteiger charge is -2.32. The fraction of sp³-hybridized carbons (Fsp3) is 1.00. The van der Waals surface area contributed by atoms with Crippen molar-refractivity contribution in [3.8, 4) is 0 Å². The average molecular weight is 201 g/mol. The van der Waals surface area contributed by atoms with Gasteiger partial charge in [-0.25, -0.2) is 0 Å². The van der Waals surface area contributed by atoms with Gasteiger partial charge in [-0.1, -0.05) is 40.0 Å². The molecule has 2 atom stereocenters. The van der Waals surface area contributed by atoms with E-state index in [1.54, 1.807) is 0 Å². The van der Waals surface area contributed by atoms with Gasteiger partial charge >= 0.3 is 0 Å². The molecule has 0 radical (unpaired) electrons. The normalized spacial score (nSPS) is 17.8. The van der Waals surface area contributed by atoms with Gasteiger partial charge in [-0.3, -0.25) is 0 Å². The van der Waals surface area contributed by atoms with Crippen molar-refractivity contribution < 1.29 is 5.11 Å². The first-order chi connectivity index (χ1) is 6.64. The van der Waals surface area contributed by atoms with Gasteiger partial charge in [0.15, 0.2) is 0 Å². The Labute approximate surface area is 88.9 Å². The molecular weight excluding hydrogens is 174 g/mol. The van der Waals surface area contributed by atoms with Crippen molar-refractivity contribution in [2.45, 2.75) is 52.9 Å². The summed E-state index contributed by atoms with van der Waals surface area (Å²) in [6, 6.07) is 0.